The molecular formula is C18H9BrO2. The van der Waals surface area contributed by atoms with Crippen LogP contribution in [-0.2, 0) is 0 Å². The van der Waals surface area contributed by atoms with Gasteiger partial charge < -0.3 is 0 Å². The Morgan fingerprint density at radius 3 is 2.19 bits per heavy atom. The summed E-state index contributed by atoms with van der Waals surface area (Å²) in [6, 6.07) is 17.1. The Hall–Kier alpha value is -2.26. The Morgan fingerprint density at radius 2 is 1.38 bits per heavy atom. The average molecular weight is 337 g/mol. The maximum absolute atomic E-state index is 12.5. The van der Waals surface area contributed by atoms with Crippen LogP contribution in [-0.4, -0.2) is 11.6 Å². The highest BCUT2D eigenvalue weighted by molar-refractivity contribution is 9.10. The smallest absolute Gasteiger partial charge is 0.235 e. The minimum atomic E-state index is -0.443. The third-order valence-electron chi connectivity index (χ3n) is 3.88. The summed E-state index contributed by atoms with van der Waals surface area (Å²) >= 11 is 3.51. The van der Waals surface area contributed by atoms with Crippen LogP contribution in [0.4, 0.5) is 0 Å². The molecule has 0 amide bonds. The van der Waals surface area contributed by atoms with Crippen molar-refractivity contribution < 1.29 is 9.59 Å². The van der Waals surface area contributed by atoms with E-state index >= 15 is 0 Å². The molecule has 0 saturated heterocycles. The average Bonchev–Trinajstić information content (AvgIpc) is 2.52. The number of benzene rings is 3. The quantitative estimate of drug-likeness (QED) is 0.560. The highest BCUT2D eigenvalue weighted by Gasteiger charge is 2.32. The first-order valence-electron chi connectivity index (χ1n) is 6.58. The molecule has 3 heteroatoms. The molecule has 0 radical (unpaired) electrons. The molecule has 4 rings (SSSR count). The van der Waals surface area contributed by atoms with Gasteiger partial charge in [0.25, 0.3) is 0 Å². The number of Topliss-reactive ketones (excluding diaryl/α,β-unsaturated/α-hetero) is 2. The van der Waals surface area contributed by atoms with Crippen molar-refractivity contribution in [1.29, 1.82) is 0 Å². The molecule has 1 aliphatic rings. The maximum Gasteiger partial charge on any atom is 0.235 e. The van der Waals surface area contributed by atoms with E-state index in [2.05, 4.69) is 15.9 Å². The summed E-state index contributed by atoms with van der Waals surface area (Å²) in [6.07, 6.45) is 0. The van der Waals surface area contributed by atoms with Gasteiger partial charge in [-0.3, -0.25) is 9.59 Å². The van der Waals surface area contributed by atoms with E-state index in [1.807, 2.05) is 42.5 Å². The van der Waals surface area contributed by atoms with Crippen LogP contribution >= 0.6 is 15.9 Å². The lowest BCUT2D eigenvalue weighted by atomic mass is 9.82. The summed E-state index contributed by atoms with van der Waals surface area (Å²) in [4.78, 5) is 24.8. The zero-order chi connectivity index (χ0) is 14.6. The van der Waals surface area contributed by atoms with E-state index in [1.165, 1.54) is 0 Å². The number of hydrogen-bond donors (Lipinski definition) is 0. The Morgan fingerprint density at radius 1 is 0.714 bits per heavy atom. The molecule has 0 aliphatic heterocycles. The molecular weight excluding hydrogens is 328 g/mol. The molecule has 21 heavy (non-hydrogen) atoms. The van der Waals surface area contributed by atoms with Gasteiger partial charge in [0.1, 0.15) is 0 Å². The van der Waals surface area contributed by atoms with E-state index in [9.17, 15) is 9.59 Å². The zero-order valence-corrected chi connectivity index (χ0v) is 12.5. The Bertz CT molecular complexity index is 941. The molecule has 0 bridgehead atoms. The molecule has 100 valence electrons. The second-order valence-electron chi connectivity index (χ2n) is 5.04. The molecule has 3 aromatic carbocycles. The Kier molecular flexibility index (Phi) is 2.59. The van der Waals surface area contributed by atoms with Crippen LogP contribution in [0.5, 0.6) is 0 Å². The molecule has 3 aromatic rings. The van der Waals surface area contributed by atoms with Gasteiger partial charge in [-0.1, -0.05) is 48.5 Å². The number of hydrogen-bond acceptors (Lipinski definition) is 2. The van der Waals surface area contributed by atoms with Crippen molar-refractivity contribution in [2.75, 3.05) is 0 Å². The number of carbonyl (C=O) groups excluding carboxylic acids is 2. The first-order chi connectivity index (χ1) is 10.2. The SMILES string of the molecule is O=C1C(=O)c2c(cc3ccccc3c2Br)-c2ccccc21. The van der Waals surface area contributed by atoms with Gasteiger partial charge in [-0.15, -0.1) is 0 Å². The molecule has 1 aliphatic carbocycles. The lowest BCUT2D eigenvalue weighted by molar-refractivity contribution is 0.0815. The molecule has 0 atom stereocenters. The molecule has 0 spiro atoms. The minimum Gasteiger partial charge on any atom is -0.285 e. The standard InChI is InChI=1S/C18H9BrO2/c19-16-11-6-2-1-5-10(11)9-14-12-7-3-4-8-13(12)17(20)18(21)15(14)16/h1-9H. The van der Waals surface area contributed by atoms with E-state index in [1.54, 1.807) is 12.1 Å². The van der Waals surface area contributed by atoms with Crippen LogP contribution in [0.1, 0.15) is 20.7 Å². The van der Waals surface area contributed by atoms with Gasteiger partial charge in [-0.25, -0.2) is 0 Å². The summed E-state index contributed by atoms with van der Waals surface area (Å²) < 4.78 is 0.698. The Balaban J connectivity index is 2.20. The second-order valence-corrected chi connectivity index (χ2v) is 5.83. The molecule has 0 heterocycles. The summed E-state index contributed by atoms with van der Waals surface area (Å²) in [5.74, 6) is -0.879. The van der Waals surface area contributed by atoms with Gasteiger partial charge in [0.15, 0.2) is 0 Å². The molecule has 0 fully saturated rings. The van der Waals surface area contributed by atoms with E-state index in [-0.39, 0.29) is 0 Å². The van der Waals surface area contributed by atoms with Crippen LogP contribution in [0.3, 0.4) is 0 Å². The predicted octanol–water partition coefficient (Wildman–Crippen LogP) is 4.65. The van der Waals surface area contributed by atoms with Crippen molar-refractivity contribution in [2.45, 2.75) is 0 Å². The summed E-state index contributed by atoms with van der Waals surface area (Å²) in [5.41, 5.74) is 2.60. The normalized spacial score (nSPS) is 13.2. The number of ketones is 2. The van der Waals surface area contributed by atoms with Gasteiger partial charge in [0, 0.05) is 15.6 Å². The maximum atomic E-state index is 12.5. The van der Waals surface area contributed by atoms with Crippen LogP contribution in [0.2, 0.25) is 0 Å². The molecule has 0 unspecified atom stereocenters. The molecule has 2 nitrogen and oxygen atoms in total. The van der Waals surface area contributed by atoms with Crippen LogP contribution < -0.4 is 0 Å². The topological polar surface area (TPSA) is 34.1 Å². The lowest BCUT2D eigenvalue weighted by Gasteiger charge is -2.20. The fourth-order valence-electron chi connectivity index (χ4n) is 2.89. The lowest BCUT2D eigenvalue weighted by Crippen LogP contribution is -2.21. The Labute approximate surface area is 129 Å². The molecule has 0 saturated carbocycles. The number of carbonyl (C=O) groups is 2. The highest BCUT2D eigenvalue weighted by atomic mass is 79.9. The van der Waals surface area contributed by atoms with Crippen molar-refractivity contribution in [1.82, 2.24) is 0 Å². The fourth-order valence-corrected chi connectivity index (χ4v) is 3.64. The summed E-state index contributed by atoms with van der Waals surface area (Å²) in [6.45, 7) is 0. The van der Waals surface area contributed by atoms with Crippen LogP contribution in [0.25, 0.3) is 21.9 Å². The van der Waals surface area contributed by atoms with Gasteiger partial charge in [0.05, 0.1) is 0 Å². The number of halogens is 1. The van der Waals surface area contributed by atoms with Gasteiger partial charge in [0.2, 0.25) is 11.6 Å². The first kappa shape index (κ1) is 12.5. The van der Waals surface area contributed by atoms with Crippen molar-refractivity contribution in [3.8, 4) is 11.1 Å². The van der Waals surface area contributed by atoms with Crippen molar-refractivity contribution in [2.24, 2.45) is 0 Å². The fraction of sp³-hybridized carbons (Fsp3) is 0. The third kappa shape index (κ3) is 1.64. The van der Waals surface area contributed by atoms with E-state index in [0.29, 0.717) is 15.6 Å². The number of fused-ring (bicyclic) bond motifs is 4. The third-order valence-corrected chi connectivity index (χ3v) is 4.70. The number of rotatable bonds is 0. The highest BCUT2D eigenvalue weighted by Crippen LogP contribution is 2.40. The van der Waals surface area contributed by atoms with Gasteiger partial charge >= 0.3 is 0 Å². The molecule has 0 aromatic heterocycles. The minimum absolute atomic E-state index is 0.436. The largest absolute Gasteiger partial charge is 0.285 e. The van der Waals surface area contributed by atoms with E-state index < -0.39 is 11.6 Å². The monoisotopic (exact) mass is 336 g/mol. The van der Waals surface area contributed by atoms with Crippen LogP contribution in [0.15, 0.2) is 59.1 Å². The van der Waals surface area contributed by atoms with Crippen molar-refractivity contribution in [3.63, 3.8) is 0 Å². The van der Waals surface area contributed by atoms with Gasteiger partial charge in [-0.05, 0) is 43.9 Å². The van der Waals surface area contributed by atoms with Crippen molar-refractivity contribution >= 4 is 38.3 Å². The zero-order valence-electron chi connectivity index (χ0n) is 10.9. The van der Waals surface area contributed by atoms with Gasteiger partial charge in [-0.2, -0.15) is 0 Å². The van der Waals surface area contributed by atoms with Crippen LogP contribution in [0, 0.1) is 0 Å². The summed E-state index contributed by atoms with van der Waals surface area (Å²) in [5, 5.41) is 1.98. The van der Waals surface area contributed by atoms with E-state index in [0.717, 1.165) is 21.9 Å². The van der Waals surface area contributed by atoms with Crippen molar-refractivity contribution in [3.05, 3.63) is 70.2 Å². The second kappa shape index (κ2) is 4.37. The molecule has 0 N–H and O–H groups in total. The van der Waals surface area contributed by atoms with E-state index in [4.69, 9.17) is 0 Å². The predicted molar refractivity (Wildman–Crippen MR) is 85.7 cm³/mol. The summed E-state index contributed by atoms with van der Waals surface area (Å²) in [7, 11) is 0. The first-order valence-corrected chi connectivity index (χ1v) is 7.37.